The van der Waals surface area contributed by atoms with Gasteiger partial charge < -0.3 is 24.3 Å². The fourth-order valence-corrected chi connectivity index (χ4v) is 7.19. The van der Waals surface area contributed by atoms with Gasteiger partial charge in [-0.05, 0) is 70.8 Å². The number of hydrogen-bond acceptors (Lipinski definition) is 7. The van der Waals surface area contributed by atoms with Crippen LogP contribution in [0.4, 0.5) is 15.9 Å². The van der Waals surface area contributed by atoms with E-state index >= 15 is 0 Å². The molecule has 2 fully saturated rings. The first-order valence-electron chi connectivity index (χ1n) is 15.1. The molecule has 2 aliphatic heterocycles. The lowest BCUT2D eigenvalue weighted by molar-refractivity contribution is -0.130. The first-order valence-corrected chi connectivity index (χ1v) is 15.5. The summed E-state index contributed by atoms with van der Waals surface area (Å²) in [7, 11) is 4.18. The van der Waals surface area contributed by atoms with Crippen LogP contribution in [0.3, 0.4) is 0 Å². The molecular formula is C33H40ClFN6O2. The normalized spacial score (nSPS) is 21.2. The highest BCUT2D eigenvalue weighted by atomic mass is 35.5. The molecule has 8 nitrogen and oxygen atoms in total. The largest absolute Gasteiger partial charge is 0.463 e. The van der Waals surface area contributed by atoms with Crippen LogP contribution in [-0.2, 0) is 17.8 Å². The number of anilines is 2. The second kappa shape index (κ2) is 11.6. The van der Waals surface area contributed by atoms with Gasteiger partial charge in [-0.15, -0.1) is 0 Å². The van der Waals surface area contributed by atoms with Gasteiger partial charge >= 0.3 is 6.01 Å². The zero-order valence-corrected chi connectivity index (χ0v) is 26.2. The summed E-state index contributed by atoms with van der Waals surface area (Å²) in [5.41, 5.74) is 3.02. The highest BCUT2D eigenvalue weighted by Gasteiger charge is 2.44. The molecule has 0 unspecified atom stereocenters. The van der Waals surface area contributed by atoms with E-state index in [-0.39, 0.29) is 28.4 Å². The summed E-state index contributed by atoms with van der Waals surface area (Å²) in [4.78, 5) is 31.2. The second-order valence-corrected chi connectivity index (χ2v) is 13.1. The van der Waals surface area contributed by atoms with Crippen LogP contribution in [0, 0.1) is 11.2 Å². The third kappa shape index (κ3) is 5.77. The summed E-state index contributed by atoms with van der Waals surface area (Å²) in [5, 5.41) is 1.74. The topological polar surface area (TPSA) is 65.0 Å². The van der Waals surface area contributed by atoms with Crippen molar-refractivity contribution < 1.29 is 13.9 Å². The lowest BCUT2D eigenvalue weighted by Gasteiger charge is -2.45. The van der Waals surface area contributed by atoms with E-state index in [1.54, 1.807) is 6.07 Å². The summed E-state index contributed by atoms with van der Waals surface area (Å²) in [6.45, 7) is 11.9. The average molecular weight is 607 g/mol. The predicted molar refractivity (Wildman–Crippen MR) is 170 cm³/mol. The summed E-state index contributed by atoms with van der Waals surface area (Å²) >= 11 is 6.51. The summed E-state index contributed by atoms with van der Waals surface area (Å²) in [6, 6.07) is 9.48. The average Bonchev–Trinajstić information content (AvgIpc) is 3.75. The molecule has 3 aromatic rings. The smallest absolute Gasteiger partial charge is 0.318 e. The monoisotopic (exact) mass is 606 g/mol. The van der Waals surface area contributed by atoms with Gasteiger partial charge in [0, 0.05) is 60.3 Å². The Bertz CT molecular complexity index is 1550. The number of aromatic nitrogens is 2. The zero-order chi connectivity index (χ0) is 30.5. The van der Waals surface area contributed by atoms with Crippen molar-refractivity contribution in [2.75, 3.05) is 56.7 Å². The van der Waals surface area contributed by atoms with Gasteiger partial charge in [0.25, 0.3) is 0 Å². The summed E-state index contributed by atoms with van der Waals surface area (Å²) in [6.07, 6.45) is 4.36. The van der Waals surface area contributed by atoms with Gasteiger partial charge in [0.15, 0.2) is 0 Å². The van der Waals surface area contributed by atoms with Crippen molar-refractivity contribution in [2.45, 2.75) is 51.7 Å². The number of halogens is 2. The first kappa shape index (κ1) is 29.6. The molecule has 1 aromatic heterocycles. The number of fused-ring (bicyclic) bond motifs is 2. The van der Waals surface area contributed by atoms with Crippen molar-refractivity contribution in [1.29, 1.82) is 0 Å². The van der Waals surface area contributed by atoms with E-state index in [0.29, 0.717) is 50.6 Å². The van der Waals surface area contributed by atoms with Gasteiger partial charge in [0.2, 0.25) is 5.91 Å². The first-order chi connectivity index (χ1) is 20.6. The molecule has 6 rings (SSSR count). The molecule has 0 N–H and O–H groups in total. The number of ether oxygens (including phenoxy) is 1. The van der Waals surface area contributed by atoms with Crippen LogP contribution in [0.25, 0.3) is 10.8 Å². The number of nitrogens with zero attached hydrogens (tertiary/aromatic N) is 6. The van der Waals surface area contributed by atoms with E-state index in [2.05, 4.69) is 49.2 Å². The fraction of sp³-hybridized carbons (Fsp3) is 0.485. The van der Waals surface area contributed by atoms with Crippen molar-refractivity contribution in [3.05, 3.63) is 65.1 Å². The maximum Gasteiger partial charge on any atom is 0.318 e. The molecule has 3 aliphatic rings. The standard InChI is InChI=1S/C33H40ClFN6O2/c1-6-28(42)41-21(2)16-40(17-22(41)3)31-24-12-15-39(27-9-7-8-23-10-11-25(35)30(34)29(23)27)18-26(24)36-32(37-31)43-20-33(13-14-33)19-38(4)5/h6-11,21-22H,1,12-20H2,2-5H3/t21-,22+. The van der Waals surface area contributed by atoms with Crippen LogP contribution >= 0.6 is 11.6 Å². The molecule has 2 atom stereocenters. The van der Waals surface area contributed by atoms with Crippen LogP contribution in [0.5, 0.6) is 6.01 Å². The van der Waals surface area contributed by atoms with Gasteiger partial charge in [0.05, 0.1) is 23.9 Å². The van der Waals surface area contributed by atoms with E-state index in [9.17, 15) is 9.18 Å². The Hall–Kier alpha value is -3.43. The van der Waals surface area contributed by atoms with Crippen LogP contribution in [0.1, 0.15) is 37.9 Å². The molecule has 2 aromatic carbocycles. The second-order valence-electron chi connectivity index (χ2n) is 12.7. The predicted octanol–water partition coefficient (Wildman–Crippen LogP) is 5.32. The van der Waals surface area contributed by atoms with Crippen molar-refractivity contribution in [1.82, 2.24) is 19.8 Å². The Kier molecular flexibility index (Phi) is 7.98. The molecule has 1 saturated carbocycles. The fourth-order valence-electron chi connectivity index (χ4n) is 6.92. The Morgan fingerprint density at radius 2 is 1.91 bits per heavy atom. The van der Waals surface area contributed by atoms with E-state index in [1.807, 2.05) is 23.1 Å². The van der Waals surface area contributed by atoms with Crippen molar-refractivity contribution in [3.63, 3.8) is 0 Å². The number of carbonyl (C=O) groups is 1. The van der Waals surface area contributed by atoms with E-state index in [4.69, 9.17) is 26.3 Å². The third-order valence-electron chi connectivity index (χ3n) is 9.04. The number of rotatable bonds is 8. The van der Waals surface area contributed by atoms with Gasteiger partial charge in [-0.25, -0.2) is 4.39 Å². The number of amides is 1. The van der Waals surface area contributed by atoms with E-state index < -0.39 is 5.82 Å². The van der Waals surface area contributed by atoms with E-state index in [1.165, 1.54) is 12.1 Å². The molecule has 3 heterocycles. The molecule has 0 bridgehead atoms. The third-order valence-corrected chi connectivity index (χ3v) is 9.41. The van der Waals surface area contributed by atoms with Gasteiger partial charge in [-0.1, -0.05) is 36.4 Å². The lowest BCUT2D eigenvalue weighted by Crippen LogP contribution is -2.58. The van der Waals surface area contributed by atoms with Crippen molar-refractivity contribution in [3.8, 4) is 6.01 Å². The Morgan fingerprint density at radius 1 is 1.16 bits per heavy atom. The van der Waals surface area contributed by atoms with Crippen LogP contribution in [0.15, 0.2) is 43.0 Å². The van der Waals surface area contributed by atoms with Gasteiger partial charge in [-0.3, -0.25) is 4.79 Å². The molecule has 1 amide bonds. The Labute approximate surface area is 258 Å². The molecule has 1 aliphatic carbocycles. The molecule has 0 spiro atoms. The number of piperazine rings is 1. The molecule has 0 radical (unpaired) electrons. The molecule has 10 heteroatoms. The minimum Gasteiger partial charge on any atom is -0.463 e. The van der Waals surface area contributed by atoms with Crippen LogP contribution < -0.4 is 14.5 Å². The maximum absolute atomic E-state index is 14.5. The highest BCUT2D eigenvalue weighted by Crippen LogP contribution is 2.46. The minimum atomic E-state index is -0.427. The molecule has 43 heavy (non-hydrogen) atoms. The van der Waals surface area contributed by atoms with Crippen LogP contribution in [0.2, 0.25) is 5.02 Å². The quantitative estimate of drug-likeness (QED) is 0.322. The van der Waals surface area contributed by atoms with Crippen molar-refractivity contribution in [2.24, 2.45) is 5.41 Å². The van der Waals surface area contributed by atoms with Crippen LogP contribution in [-0.4, -0.2) is 84.6 Å². The minimum absolute atomic E-state index is 0.00753. The van der Waals surface area contributed by atoms with Gasteiger partial charge in [0.1, 0.15) is 11.6 Å². The SMILES string of the molecule is C=CC(=O)N1[C@H](C)CN(c2nc(OCC3(CN(C)C)CC3)nc3c2CCN(c2cccc4ccc(F)c(Cl)c24)C3)C[C@@H]1C. The summed E-state index contributed by atoms with van der Waals surface area (Å²) < 4.78 is 20.9. The number of carbonyl (C=O) groups excluding carboxylic acids is 1. The van der Waals surface area contributed by atoms with Gasteiger partial charge in [-0.2, -0.15) is 9.97 Å². The summed E-state index contributed by atoms with van der Waals surface area (Å²) in [5.74, 6) is 0.400. The lowest BCUT2D eigenvalue weighted by atomic mass is 10.0. The maximum atomic E-state index is 14.5. The molecule has 1 saturated heterocycles. The number of hydrogen-bond donors (Lipinski definition) is 0. The highest BCUT2D eigenvalue weighted by molar-refractivity contribution is 6.36. The Balaban J connectivity index is 1.35. The number of benzene rings is 2. The van der Waals surface area contributed by atoms with E-state index in [0.717, 1.165) is 47.5 Å². The van der Waals surface area contributed by atoms with Crippen molar-refractivity contribution >= 4 is 39.8 Å². The molecule has 228 valence electrons. The Morgan fingerprint density at radius 3 is 2.58 bits per heavy atom. The zero-order valence-electron chi connectivity index (χ0n) is 25.4. The molecular weight excluding hydrogens is 567 g/mol.